The van der Waals surface area contributed by atoms with E-state index in [2.05, 4.69) is 10.3 Å². The molecule has 8 nitrogen and oxygen atoms in total. The molecule has 0 bridgehead atoms. The lowest BCUT2D eigenvalue weighted by Gasteiger charge is -2.19. The van der Waals surface area contributed by atoms with Gasteiger partial charge in [-0.05, 0) is 31.2 Å². The van der Waals surface area contributed by atoms with Gasteiger partial charge in [-0.3, -0.25) is 14.5 Å². The molecule has 148 valence electrons. The number of nitrogens with one attached hydrogen (secondary N) is 1. The van der Waals surface area contributed by atoms with E-state index in [1.165, 1.54) is 11.3 Å². The highest BCUT2D eigenvalue weighted by atomic mass is 32.1. The van der Waals surface area contributed by atoms with Crippen LogP contribution < -0.4 is 5.32 Å². The molecular formula is C19H21N3O5S. The normalized spacial score (nSPS) is 10.9. The van der Waals surface area contributed by atoms with Crippen LogP contribution >= 0.6 is 11.3 Å². The molecule has 1 N–H and O–H groups in total. The molecule has 0 saturated heterocycles. The number of furan rings is 2. The lowest BCUT2D eigenvalue weighted by molar-refractivity contribution is -0.142. The van der Waals surface area contributed by atoms with E-state index in [-0.39, 0.29) is 24.8 Å². The molecular weight excluding hydrogens is 382 g/mol. The molecule has 0 spiro atoms. The molecule has 0 radical (unpaired) electrons. The van der Waals surface area contributed by atoms with E-state index in [0.717, 1.165) is 11.5 Å². The Labute approximate surface area is 166 Å². The van der Waals surface area contributed by atoms with Gasteiger partial charge in [0.1, 0.15) is 11.5 Å². The summed E-state index contributed by atoms with van der Waals surface area (Å²) in [6, 6.07) is 7.33. The van der Waals surface area contributed by atoms with E-state index in [0.29, 0.717) is 30.5 Å². The highest BCUT2D eigenvalue weighted by Gasteiger charge is 2.16. The fourth-order valence-electron chi connectivity index (χ4n) is 2.58. The Kier molecular flexibility index (Phi) is 6.99. The van der Waals surface area contributed by atoms with E-state index in [9.17, 15) is 9.59 Å². The van der Waals surface area contributed by atoms with Gasteiger partial charge in [0.2, 0.25) is 5.91 Å². The Balaban J connectivity index is 1.57. The summed E-state index contributed by atoms with van der Waals surface area (Å²) in [4.78, 5) is 30.2. The van der Waals surface area contributed by atoms with Gasteiger partial charge in [0.15, 0.2) is 5.13 Å². The van der Waals surface area contributed by atoms with Crippen LogP contribution in [0.1, 0.15) is 24.1 Å². The second-order valence-corrected chi connectivity index (χ2v) is 6.84. The third-order valence-corrected chi connectivity index (χ3v) is 4.52. The summed E-state index contributed by atoms with van der Waals surface area (Å²) in [7, 11) is 0. The van der Waals surface area contributed by atoms with Crippen molar-refractivity contribution in [1.82, 2.24) is 9.88 Å². The zero-order valence-electron chi connectivity index (χ0n) is 15.4. The number of thiazole rings is 1. The predicted molar refractivity (Wildman–Crippen MR) is 103 cm³/mol. The number of rotatable bonds is 10. The fraction of sp³-hybridized carbons (Fsp3) is 0.316. The van der Waals surface area contributed by atoms with Crippen molar-refractivity contribution >= 4 is 28.3 Å². The number of esters is 1. The summed E-state index contributed by atoms with van der Waals surface area (Å²) in [6.45, 7) is 3.14. The maximum Gasteiger partial charge on any atom is 0.311 e. The van der Waals surface area contributed by atoms with Gasteiger partial charge in [-0.25, -0.2) is 4.98 Å². The molecule has 0 atom stereocenters. The minimum absolute atomic E-state index is 0.0866. The molecule has 0 fully saturated rings. The van der Waals surface area contributed by atoms with E-state index < -0.39 is 0 Å². The first-order valence-electron chi connectivity index (χ1n) is 8.79. The van der Waals surface area contributed by atoms with Crippen LogP contribution in [0, 0.1) is 0 Å². The number of amides is 1. The minimum atomic E-state index is -0.339. The lowest BCUT2D eigenvalue weighted by Crippen LogP contribution is -2.32. The first-order chi connectivity index (χ1) is 13.6. The molecule has 3 rings (SSSR count). The average Bonchev–Trinajstić information content (AvgIpc) is 3.39. The highest BCUT2D eigenvalue weighted by molar-refractivity contribution is 7.13. The molecule has 0 aliphatic rings. The predicted octanol–water partition coefficient (Wildman–Crippen LogP) is 3.08. The van der Waals surface area contributed by atoms with Crippen LogP contribution in [-0.2, 0) is 33.8 Å². The smallest absolute Gasteiger partial charge is 0.311 e. The van der Waals surface area contributed by atoms with Crippen LogP contribution in [0.25, 0.3) is 0 Å². The first kappa shape index (κ1) is 19.8. The second-order valence-electron chi connectivity index (χ2n) is 5.98. The van der Waals surface area contributed by atoms with Crippen molar-refractivity contribution in [3.05, 3.63) is 59.4 Å². The Hall–Kier alpha value is -2.91. The Bertz CT molecular complexity index is 837. The van der Waals surface area contributed by atoms with Gasteiger partial charge in [-0.1, -0.05) is 0 Å². The van der Waals surface area contributed by atoms with Crippen molar-refractivity contribution in [3.63, 3.8) is 0 Å². The SMILES string of the molecule is CCOC(=O)Cc1csc(NC(=O)CN(Cc2ccco2)Cc2ccco2)n1. The van der Waals surface area contributed by atoms with Crippen LogP contribution in [0.2, 0.25) is 0 Å². The van der Waals surface area contributed by atoms with E-state index in [1.54, 1.807) is 37.0 Å². The number of carbonyl (C=O) groups is 2. The average molecular weight is 403 g/mol. The molecule has 1 amide bonds. The van der Waals surface area contributed by atoms with Gasteiger partial charge in [-0.2, -0.15) is 0 Å². The van der Waals surface area contributed by atoms with Crippen molar-refractivity contribution in [2.24, 2.45) is 0 Å². The van der Waals surface area contributed by atoms with Gasteiger partial charge in [0.25, 0.3) is 0 Å². The number of ether oxygens (including phenoxy) is 1. The third kappa shape index (κ3) is 6.07. The van der Waals surface area contributed by atoms with E-state index in [4.69, 9.17) is 13.6 Å². The second kappa shape index (κ2) is 9.86. The number of anilines is 1. The van der Waals surface area contributed by atoms with Crippen molar-refractivity contribution in [2.45, 2.75) is 26.4 Å². The molecule has 3 aromatic rings. The molecule has 9 heteroatoms. The quantitative estimate of drug-likeness (QED) is 0.520. The Morgan fingerprint density at radius 2 is 1.86 bits per heavy atom. The highest BCUT2D eigenvalue weighted by Crippen LogP contribution is 2.17. The minimum Gasteiger partial charge on any atom is -0.468 e. The molecule has 28 heavy (non-hydrogen) atoms. The number of aromatic nitrogens is 1. The van der Waals surface area contributed by atoms with Gasteiger partial charge in [-0.15, -0.1) is 11.3 Å². The van der Waals surface area contributed by atoms with E-state index in [1.807, 2.05) is 17.0 Å². The molecule has 3 heterocycles. The monoisotopic (exact) mass is 403 g/mol. The number of hydrogen-bond acceptors (Lipinski definition) is 8. The molecule has 0 aromatic carbocycles. The number of nitrogens with zero attached hydrogens (tertiary/aromatic N) is 2. The zero-order chi connectivity index (χ0) is 19.8. The molecule has 0 aliphatic heterocycles. The van der Waals surface area contributed by atoms with E-state index >= 15 is 0 Å². The summed E-state index contributed by atoms with van der Waals surface area (Å²) < 4.78 is 15.7. The summed E-state index contributed by atoms with van der Waals surface area (Å²) in [5.41, 5.74) is 0.571. The Morgan fingerprint density at radius 3 is 2.43 bits per heavy atom. The summed E-state index contributed by atoms with van der Waals surface area (Å²) >= 11 is 1.27. The van der Waals surface area contributed by atoms with Gasteiger partial charge in [0.05, 0.1) is 50.9 Å². The lowest BCUT2D eigenvalue weighted by atomic mass is 10.3. The third-order valence-electron chi connectivity index (χ3n) is 3.72. The Morgan fingerprint density at radius 1 is 1.18 bits per heavy atom. The number of hydrogen-bond donors (Lipinski definition) is 1. The van der Waals surface area contributed by atoms with Crippen LogP contribution in [-0.4, -0.2) is 34.9 Å². The fourth-order valence-corrected chi connectivity index (χ4v) is 3.31. The molecule has 0 unspecified atom stereocenters. The van der Waals surface area contributed by atoms with Crippen molar-refractivity contribution in [1.29, 1.82) is 0 Å². The van der Waals surface area contributed by atoms with Crippen molar-refractivity contribution in [3.8, 4) is 0 Å². The summed E-state index contributed by atoms with van der Waals surface area (Å²) in [5.74, 6) is 0.958. The zero-order valence-corrected chi connectivity index (χ0v) is 16.2. The van der Waals surface area contributed by atoms with Crippen LogP contribution in [0.15, 0.2) is 51.0 Å². The van der Waals surface area contributed by atoms with Crippen LogP contribution in [0.3, 0.4) is 0 Å². The van der Waals surface area contributed by atoms with Crippen LogP contribution in [0.4, 0.5) is 5.13 Å². The van der Waals surface area contributed by atoms with Crippen LogP contribution in [0.5, 0.6) is 0 Å². The maximum absolute atomic E-state index is 12.5. The molecule has 0 saturated carbocycles. The van der Waals surface area contributed by atoms with Gasteiger partial charge < -0.3 is 18.9 Å². The molecule has 3 aromatic heterocycles. The topological polar surface area (TPSA) is 97.8 Å². The van der Waals surface area contributed by atoms with Gasteiger partial charge in [0, 0.05) is 5.38 Å². The first-order valence-corrected chi connectivity index (χ1v) is 9.67. The van der Waals surface area contributed by atoms with Crippen molar-refractivity contribution in [2.75, 3.05) is 18.5 Å². The number of carbonyl (C=O) groups excluding carboxylic acids is 2. The van der Waals surface area contributed by atoms with Crippen molar-refractivity contribution < 1.29 is 23.2 Å². The largest absolute Gasteiger partial charge is 0.468 e. The maximum atomic E-state index is 12.5. The molecule has 0 aliphatic carbocycles. The standard InChI is InChI=1S/C19H21N3O5S/c1-2-25-18(24)9-14-13-28-19(20-14)21-17(23)12-22(10-15-5-3-7-26-15)11-16-6-4-8-27-16/h3-8,13H,2,9-12H2,1H3,(H,20,21,23). The van der Waals surface area contributed by atoms with Gasteiger partial charge >= 0.3 is 5.97 Å². The summed E-state index contributed by atoms with van der Waals surface area (Å²) in [5, 5.41) is 4.95. The summed E-state index contributed by atoms with van der Waals surface area (Å²) in [6.07, 6.45) is 3.28.